The van der Waals surface area contributed by atoms with Crippen LogP contribution in [0.2, 0.25) is 0 Å². The van der Waals surface area contributed by atoms with E-state index in [4.69, 9.17) is 14.2 Å². The molecule has 0 unspecified atom stereocenters. The fourth-order valence-corrected chi connectivity index (χ4v) is 1.75. The molecule has 0 saturated carbocycles. The third-order valence-corrected chi connectivity index (χ3v) is 2.61. The number of aryl methyl sites for hydroxylation is 1. The number of carbonyl (C=O) groups is 1. The van der Waals surface area contributed by atoms with Gasteiger partial charge in [0.2, 0.25) is 12.5 Å². The first kappa shape index (κ1) is 11.6. The van der Waals surface area contributed by atoms with E-state index in [0.717, 1.165) is 5.56 Å². The maximum Gasteiger partial charge on any atom is 0.305 e. The predicted octanol–water partition coefficient (Wildman–Crippen LogP) is 1.53. The number of carbonyl (C=O) groups excluding carboxylic acids is 1. The Bertz CT molecular complexity index is 427. The molecule has 17 heavy (non-hydrogen) atoms. The van der Waals surface area contributed by atoms with Crippen LogP contribution in [-0.2, 0) is 16.0 Å². The van der Waals surface area contributed by atoms with Crippen LogP contribution in [-0.4, -0.2) is 27.0 Å². The van der Waals surface area contributed by atoms with Gasteiger partial charge in [0.1, 0.15) is 0 Å². The van der Waals surface area contributed by atoms with Crippen molar-refractivity contribution in [2.24, 2.45) is 0 Å². The van der Waals surface area contributed by atoms with Crippen molar-refractivity contribution in [3.05, 3.63) is 17.7 Å². The van der Waals surface area contributed by atoms with E-state index < -0.39 is 0 Å². The zero-order chi connectivity index (χ0) is 12.3. The summed E-state index contributed by atoms with van der Waals surface area (Å²) in [6.07, 6.45) is 0.860. The van der Waals surface area contributed by atoms with E-state index in [9.17, 15) is 4.79 Å². The Labute approximate surface area is 99.2 Å². The van der Waals surface area contributed by atoms with Gasteiger partial charge in [-0.25, -0.2) is 0 Å². The van der Waals surface area contributed by atoms with Gasteiger partial charge < -0.3 is 18.9 Å². The van der Waals surface area contributed by atoms with Crippen molar-refractivity contribution in [3.8, 4) is 17.2 Å². The Balaban J connectivity index is 2.20. The number of hydrogen-bond donors (Lipinski definition) is 0. The molecule has 0 aliphatic carbocycles. The lowest BCUT2D eigenvalue weighted by atomic mass is 10.1. The molecule has 0 amide bonds. The molecule has 1 aliphatic heterocycles. The summed E-state index contributed by atoms with van der Waals surface area (Å²) in [5, 5.41) is 0. The van der Waals surface area contributed by atoms with Crippen molar-refractivity contribution in [2.75, 3.05) is 21.0 Å². The number of rotatable bonds is 4. The van der Waals surface area contributed by atoms with Gasteiger partial charge in [-0.15, -0.1) is 0 Å². The van der Waals surface area contributed by atoms with Gasteiger partial charge in [0.25, 0.3) is 0 Å². The number of benzene rings is 1. The summed E-state index contributed by atoms with van der Waals surface area (Å²) in [4.78, 5) is 11.1. The second-order valence-corrected chi connectivity index (χ2v) is 3.57. The second-order valence-electron chi connectivity index (χ2n) is 3.57. The maximum absolute atomic E-state index is 11.1. The molecular formula is C12H14O5. The molecule has 1 aromatic carbocycles. The lowest BCUT2D eigenvalue weighted by molar-refractivity contribution is -0.140. The van der Waals surface area contributed by atoms with Crippen LogP contribution in [0.25, 0.3) is 0 Å². The molecule has 0 aromatic heterocycles. The third kappa shape index (κ3) is 2.27. The van der Waals surface area contributed by atoms with Crippen LogP contribution in [0.15, 0.2) is 12.1 Å². The quantitative estimate of drug-likeness (QED) is 0.744. The van der Waals surface area contributed by atoms with Crippen LogP contribution >= 0.6 is 0 Å². The fourth-order valence-electron chi connectivity index (χ4n) is 1.75. The van der Waals surface area contributed by atoms with Gasteiger partial charge in [-0.05, 0) is 18.1 Å². The van der Waals surface area contributed by atoms with Gasteiger partial charge in [0.05, 0.1) is 14.2 Å². The van der Waals surface area contributed by atoms with Gasteiger partial charge in [-0.3, -0.25) is 4.79 Å². The largest absolute Gasteiger partial charge is 0.492 e. The third-order valence-electron chi connectivity index (χ3n) is 2.61. The summed E-state index contributed by atoms with van der Waals surface area (Å²) in [5.41, 5.74) is 0.905. The first-order valence-corrected chi connectivity index (χ1v) is 5.28. The highest BCUT2D eigenvalue weighted by Gasteiger charge is 2.21. The Hall–Kier alpha value is -1.91. The standard InChI is InChI=1S/C12H14O5/c1-14-10(13)6-4-8-3-5-9-12(11(8)15-2)17-7-16-9/h3,5H,4,6-7H2,1-2H3. The molecule has 0 saturated heterocycles. The molecule has 1 aliphatic rings. The van der Waals surface area contributed by atoms with Crippen LogP contribution in [0, 0.1) is 0 Å². The van der Waals surface area contributed by atoms with Crippen molar-refractivity contribution in [1.29, 1.82) is 0 Å². The Morgan fingerprint density at radius 2 is 2.18 bits per heavy atom. The summed E-state index contributed by atoms with van der Waals surface area (Å²) in [5.74, 6) is 1.66. The number of hydrogen-bond acceptors (Lipinski definition) is 5. The van der Waals surface area contributed by atoms with Gasteiger partial charge in [-0.2, -0.15) is 0 Å². The highest BCUT2D eigenvalue weighted by atomic mass is 16.7. The van der Waals surface area contributed by atoms with Crippen molar-refractivity contribution in [2.45, 2.75) is 12.8 Å². The normalized spacial score (nSPS) is 12.4. The number of esters is 1. The maximum atomic E-state index is 11.1. The van der Waals surface area contributed by atoms with E-state index in [1.165, 1.54) is 7.11 Å². The monoisotopic (exact) mass is 238 g/mol. The molecule has 1 heterocycles. The molecule has 5 heteroatoms. The number of methoxy groups -OCH3 is 2. The zero-order valence-electron chi connectivity index (χ0n) is 9.82. The van der Waals surface area contributed by atoms with Gasteiger partial charge in [0, 0.05) is 6.42 Å². The van der Waals surface area contributed by atoms with Crippen LogP contribution in [0.5, 0.6) is 17.2 Å². The molecule has 0 fully saturated rings. The van der Waals surface area contributed by atoms with Crippen molar-refractivity contribution in [3.63, 3.8) is 0 Å². The Kier molecular flexibility index (Phi) is 3.37. The summed E-state index contributed by atoms with van der Waals surface area (Å²) >= 11 is 0. The minimum Gasteiger partial charge on any atom is -0.492 e. The average Bonchev–Trinajstić information content (AvgIpc) is 2.83. The minimum absolute atomic E-state index is 0.201. The van der Waals surface area contributed by atoms with Crippen molar-refractivity contribution < 1.29 is 23.7 Å². The first-order chi connectivity index (χ1) is 8.26. The lowest BCUT2D eigenvalue weighted by Gasteiger charge is -2.10. The van der Waals surface area contributed by atoms with E-state index in [0.29, 0.717) is 30.1 Å². The molecule has 0 spiro atoms. The molecule has 0 atom stereocenters. The first-order valence-electron chi connectivity index (χ1n) is 5.28. The van der Waals surface area contributed by atoms with E-state index in [2.05, 4.69) is 4.74 Å². The summed E-state index contributed by atoms with van der Waals surface area (Å²) < 4.78 is 20.5. The molecule has 2 rings (SSSR count). The fraction of sp³-hybridized carbons (Fsp3) is 0.417. The summed E-state index contributed by atoms with van der Waals surface area (Å²) in [6, 6.07) is 3.69. The van der Waals surface area contributed by atoms with E-state index in [-0.39, 0.29) is 12.8 Å². The van der Waals surface area contributed by atoms with Crippen molar-refractivity contribution >= 4 is 5.97 Å². The highest BCUT2D eigenvalue weighted by Crippen LogP contribution is 2.43. The second kappa shape index (κ2) is 4.95. The number of fused-ring (bicyclic) bond motifs is 1. The van der Waals surface area contributed by atoms with E-state index >= 15 is 0 Å². The molecule has 0 radical (unpaired) electrons. The molecule has 1 aromatic rings. The molecule has 5 nitrogen and oxygen atoms in total. The zero-order valence-corrected chi connectivity index (χ0v) is 9.82. The molecular weight excluding hydrogens is 224 g/mol. The SMILES string of the molecule is COC(=O)CCc1ccc2c(c1OC)OCO2. The topological polar surface area (TPSA) is 54.0 Å². The number of ether oxygens (including phenoxy) is 4. The van der Waals surface area contributed by atoms with Crippen molar-refractivity contribution in [1.82, 2.24) is 0 Å². The van der Waals surface area contributed by atoms with Gasteiger partial charge in [0.15, 0.2) is 11.5 Å². The highest BCUT2D eigenvalue weighted by molar-refractivity contribution is 5.70. The smallest absolute Gasteiger partial charge is 0.305 e. The molecule has 0 N–H and O–H groups in total. The Morgan fingerprint density at radius 1 is 1.35 bits per heavy atom. The molecule has 0 bridgehead atoms. The van der Waals surface area contributed by atoms with E-state index in [1.807, 2.05) is 12.1 Å². The Morgan fingerprint density at radius 3 is 2.88 bits per heavy atom. The van der Waals surface area contributed by atoms with Gasteiger partial charge in [-0.1, -0.05) is 6.07 Å². The van der Waals surface area contributed by atoms with Crippen LogP contribution in [0.1, 0.15) is 12.0 Å². The van der Waals surface area contributed by atoms with Crippen LogP contribution in [0.3, 0.4) is 0 Å². The predicted molar refractivity (Wildman–Crippen MR) is 59.5 cm³/mol. The van der Waals surface area contributed by atoms with Crippen LogP contribution < -0.4 is 14.2 Å². The minimum atomic E-state index is -0.246. The van der Waals surface area contributed by atoms with Gasteiger partial charge >= 0.3 is 5.97 Å². The molecule has 92 valence electrons. The summed E-state index contributed by atoms with van der Waals surface area (Å²) in [7, 11) is 2.94. The van der Waals surface area contributed by atoms with Crippen LogP contribution in [0.4, 0.5) is 0 Å². The summed E-state index contributed by atoms with van der Waals surface area (Å²) in [6.45, 7) is 0.201. The van der Waals surface area contributed by atoms with E-state index in [1.54, 1.807) is 7.11 Å². The lowest BCUT2D eigenvalue weighted by Crippen LogP contribution is -2.03. The average molecular weight is 238 g/mol.